The van der Waals surface area contributed by atoms with Gasteiger partial charge in [-0.1, -0.05) is 23.9 Å². The fourth-order valence-electron chi connectivity index (χ4n) is 0.793. The predicted octanol–water partition coefficient (Wildman–Crippen LogP) is 0.318. The van der Waals surface area contributed by atoms with E-state index < -0.39 is 14.1 Å². The lowest BCUT2D eigenvalue weighted by molar-refractivity contribution is 0.450. The fraction of sp³-hybridized carbons (Fsp3) is 0.400. The van der Waals surface area contributed by atoms with E-state index in [0.717, 1.165) is 0 Å². The van der Waals surface area contributed by atoms with Gasteiger partial charge >= 0.3 is 0 Å². The lowest BCUT2D eigenvalue weighted by atomic mass is 10.7. The molecule has 0 radical (unpaired) electrons. The molecule has 0 spiro atoms. The number of nitrogens with two attached hydrogens (primary N) is 4. The van der Waals surface area contributed by atoms with Crippen molar-refractivity contribution in [2.24, 2.45) is 27.1 Å². The monoisotopic (exact) mass is 364 g/mol. The average molecular weight is 364 g/mol. The second-order valence-corrected chi connectivity index (χ2v) is 10.5. The highest BCUT2D eigenvalue weighted by molar-refractivity contribution is 8.17. The van der Waals surface area contributed by atoms with Gasteiger partial charge in [0.05, 0.1) is 6.21 Å². The molecule has 0 aliphatic carbocycles. The van der Waals surface area contributed by atoms with Gasteiger partial charge in [0.25, 0.3) is 7.59 Å². The molecule has 0 unspecified atom stereocenters. The van der Waals surface area contributed by atoms with Crippen LogP contribution in [0.25, 0.3) is 0 Å². The summed E-state index contributed by atoms with van der Waals surface area (Å²) in [6, 6.07) is 0. The summed E-state index contributed by atoms with van der Waals surface area (Å²) in [5, 5.41) is 3.69. The molecule has 112 valence electrons. The molecule has 0 fully saturated rings. The summed E-state index contributed by atoms with van der Waals surface area (Å²) in [7, 11) is -3.02. The van der Waals surface area contributed by atoms with Crippen LogP contribution >= 0.6 is 38.0 Å². The van der Waals surface area contributed by atoms with Gasteiger partial charge in [0.1, 0.15) is 0 Å². The van der Waals surface area contributed by atoms with Crippen molar-refractivity contribution in [3.05, 3.63) is 12.3 Å². The van der Waals surface area contributed by atoms with Crippen LogP contribution in [0.3, 0.4) is 0 Å². The van der Waals surface area contributed by atoms with E-state index in [2.05, 4.69) is 10.6 Å². The number of hydrogen-bond donors (Lipinski definition) is 5. The Balaban J connectivity index is 0.000000344. The minimum absolute atomic E-state index is 1.26. The molecule has 0 amide bonds. The van der Waals surface area contributed by atoms with Crippen molar-refractivity contribution >= 4 is 56.0 Å². The Morgan fingerprint density at radius 2 is 1.84 bits per heavy atom. The number of nitrogens with one attached hydrogen (secondary N) is 1. The van der Waals surface area contributed by atoms with Crippen molar-refractivity contribution in [2.45, 2.75) is 0 Å². The molecule has 0 bridgehead atoms. The Morgan fingerprint density at radius 3 is 2.00 bits per heavy atom. The highest BCUT2D eigenvalue weighted by Gasteiger charge is 2.18. The minimum Gasteiger partial charge on any atom is -0.274 e. The van der Waals surface area contributed by atoms with Crippen LogP contribution in [0.5, 0.6) is 0 Å². The van der Waals surface area contributed by atoms with Crippen LogP contribution in [-0.2, 0) is 16.4 Å². The quantitative estimate of drug-likeness (QED) is 0.346. The summed E-state index contributed by atoms with van der Waals surface area (Å²) < 4.78 is 13.6. The maximum Gasteiger partial charge on any atom is 0.295 e. The average Bonchev–Trinajstić information content (AvgIpc) is 2.29. The van der Waals surface area contributed by atoms with E-state index in [9.17, 15) is 4.57 Å². The molecule has 1 aliphatic heterocycles. The second-order valence-electron chi connectivity index (χ2n) is 3.01. The lowest BCUT2D eigenvalue weighted by Gasteiger charge is -2.26. The second kappa shape index (κ2) is 8.63. The van der Waals surface area contributed by atoms with E-state index in [1.54, 1.807) is 31.0 Å². The third-order valence-electron chi connectivity index (χ3n) is 1.45. The number of hydrazine groups is 1. The van der Waals surface area contributed by atoms with Crippen LogP contribution in [0.15, 0.2) is 17.4 Å². The summed E-state index contributed by atoms with van der Waals surface area (Å²) in [4.78, 5) is 0. The number of hydrazone groups is 1. The molecule has 0 atom stereocenters. The highest BCUT2D eigenvalue weighted by Crippen LogP contribution is 2.42. The number of allylic oxidation sites excluding steroid dienone is 1. The van der Waals surface area contributed by atoms with Gasteiger partial charge in [0, 0.05) is 6.20 Å². The Kier molecular flexibility index (Phi) is 8.80. The first-order valence-electron chi connectivity index (χ1n) is 4.61. The van der Waals surface area contributed by atoms with E-state index in [4.69, 9.17) is 33.8 Å². The zero-order valence-electron chi connectivity index (χ0n) is 10.4. The van der Waals surface area contributed by atoms with Gasteiger partial charge in [0.2, 0.25) is 0 Å². The number of rotatable bonds is 4. The Hall–Kier alpha value is 0.390. The minimum atomic E-state index is -3.02. The molecule has 1 rings (SSSR count). The van der Waals surface area contributed by atoms with Crippen molar-refractivity contribution < 1.29 is 4.57 Å². The first-order chi connectivity index (χ1) is 8.62. The summed E-state index contributed by atoms with van der Waals surface area (Å²) in [6.45, 7) is -2.39. The molecule has 0 saturated carbocycles. The van der Waals surface area contributed by atoms with Gasteiger partial charge in [-0.2, -0.15) is 5.10 Å². The van der Waals surface area contributed by atoms with Crippen LogP contribution < -0.4 is 27.6 Å². The first-order valence-corrected chi connectivity index (χ1v) is 11.7. The van der Waals surface area contributed by atoms with E-state index in [1.165, 1.54) is 32.2 Å². The molecular weight excluding hydrogens is 346 g/mol. The summed E-state index contributed by atoms with van der Waals surface area (Å²) in [6.07, 6.45) is 8.48. The van der Waals surface area contributed by atoms with Gasteiger partial charge in [-0.15, -0.1) is 3.48 Å². The first kappa shape index (κ1) is 19.4. The smallest absolute Gasteiger partial charge is 0.274 e. The van der Waals surface area contributed by atoms with E-state index in [-0.39, 0.29) is 0 Å². The molecule has 14 heteroatoms. The zero-order valence-corrected chi connectivity index (χ0v) is 14.6. The van der Waals surface area contributed by atoms with E-state index in [0.29, 0.717) is 0 Å². The van der Waals surface area contributed by atoms with Gasteiger partial charge in [0.15, 0.2) is 6.49 Å². The summed E-state index contributed by atoms with van der Waals surface area (Å²) in [5.74, 6) is 0. The van der Waals surface area contributed by atoms with Gasteiger partial charge in [-0.05, 0) is 30.4 Å². The van der Waals surface area contributed by atoms with Crippen LogP contribution in [0.1, 0.15) is 0 Å². The van der Waals surface area contributed by atoms with Crippen molar-refractivity contribution in [3.63, 3.8) is 0 Å². The third-order valence-corrected chi connectivity index (χ3v) is 7.42. The summed E-state index contributed by atoms with van der Waals surface area (Å²) in [5.41, 5.74) is 23.7. The fourth-order valence-corrected chi connectivity index (χ4v) is 4.18. The predicted molar refractivity (Wildman–Crippen MR) is 90.1 cm³/mol. The molecule has 0 aromatic carbocycles. The molecule has 0 aromatic heterocycles. The Morgan fingerprint density at radius 1 is 1.32 bits per heavy atom. The van der Waals surface area contributed by atoms with Crippen molar-refractivity contribution in [1.82, 2.24) is 13.8 Å². The molecule has 9 nitrogen and oxygen atoms in total. The maximum absolute atomic E-state index is 10.8. The Labute approximate surface area is 126 Å². The molecule has 9 N–H and O–H groups in total. The van der Waals surface area contributed by atoms with Crippen molar-refractivity contribution in [1.29, 1.82) is 0 Å². The van der Waals surface area contributed by atoms with Crippen molar-refractivity contribution in [3.8, 4) is 0 Å². The standard InChI is InChI=1S/C3H8N5PS.C2H10N3OPS2/c4-9(5,10)8-3-1-2-6-7-8;1-8-5(9-2)7(3,4)6/h1-3,7H,(H4,4,5,10);1-2H3,(H4,3,4,6). The Bertz CT molecular complexity index is 415. The lowest BCUT2D eigenvalue weighted by Crippen LogP contribution is -2.34. The van der Waals surface area contributed by atoms with Crippen molar-refractivity contribution in [2.75, 3.05) is 12.5 Å². The molecule has 19 heavy (non-hydrogen) atoms. The number of nitrogens with zero attached hydrogens (tertiary/aromatic N) is 3. The highest BCUT2D eigenvalue weighted by atomic mass is 32.4. The molecule has 1 aliphatic rings. The normalized spacial score (nSPS) is 15.0. The molecule has 0 aromatic rings. The van der Waals surface area contributed by atoms with Gasteiger partial charge in [-0.25, -0.2) is 10.3 Å². The van der Waals surface area contributed by atoms with Gasteiger partial charge in [-0.3, -0.25) is 26.6 Å². The van der Waals surface area contributed by atoms with Crippen LogP contribution in [-0.4, -0.2) is 27.0 Å². The van der Waals surface area contributed by atoms with Crippen LogP contribution in [0, 0.1) is 0 Å². The third kappa shape index (κ3) is 8.30. The molecule has 0 saturated heterocycles. The van der Waals surface area contributed by atoms with E-state index in [1.807, 2.05) is 0 Å². The van der Waals surface area contributed by atoms with Crippen LogP contribution in [0.2, 0.25) is 0 Å². The maximum atomic E-state index is 10.8. The van der Waals surface area contributed by atoms with Gasteiger partial charge < -0.3 is 0 Å². The number of hydrogen-bond acceptors (Lipinski definition) is 6. The molecule has 1 heterocycles. The largest absolute Gasteiger partial charge is 0.295 e. The van der Waals surface area contributed by atoms with E-state index >= 15 is 0 Å². The van der Waals surface area contributed by atoms with Crippen LogP contribution in [0.4, 0.5) is 0 Å². The SMILES string of the molecule is CSN(SC)P(N)(N)=O.NP(N)(=S)N1C=CC=NN1. The topological polar surface area (TPSA) is 152 Å². The summed E-state index contributed by atoms with van der Waals surface area (Å²) >= 11 is 7.33. The zero-order chi connectivity index (χ0) is 15.1. The molecular formula is C5H18N8OP2S3.